The van der Waals surface area contributed by atoms with Crippen LogP contribution in [0.2, 0.25) is 0 Å². The van der Waals surface area contributed by atoms with E-state index in [2.05, 4.69) is 15.9 Å². The molecule has 0 fully saturated rings. The Morgan fingerprint density at radius 2 is 1.91 bits per heavy atom. The number of amidine groups is 2. The summed E-state index contributed by atoms with van der Waals surface area (Å²) in [6, 6.07) is 0.256. The highest BCUT2D eigenvalue weighted by atomic mass is 35.5. The van der Waals surface area contributed by atoms with Crippen molar-refractivity contribution < 1.29 is 35.9 Å². The zero-order chi connectivity index (χ0) is 6.85. The van der Waals surface area contributed by atoms with E-state index in [1.807, 2.05) is 19.2 Å². The summed E-state index contributed by atoms with van der Waals surface area (Å²) in [5.74, 6) is 1.95. The van der Waals surface area contributed by atoms with Gasteiger partial charge in [0.1, 0.15) is 0 Å². The molecule has 0 amide bonds. The molecule has 66 valence electrons. The van der Waals surface area contributed by atoms with E-state index in [9.17, 15) is 0 Å². The summed E-state index contributed by atoms with van der Waals surface area (Å²) in [6.07, 6.45) is 0. The zero-order valence-corrected chi connectivity index (χ0v) is 8.02. The summed E-state index contributed by atoms with van der Waals surface area (Å²) in [5.41, 5.74) is 3.82. The molecular weight excluding hydrogens is 187 g/mol. The van der Waals surface area contributed by atoms with Gasteiger partial charge in [0.25, 0.3) is 5.84 Å². The van der Waals surface area contributed by atoms with Gasteiger partial charge >= 0.3 is 0 Å². The van der Waals surface area contributed by atoms with Crippen molar-refractivity contribution in [1.29, 1.82) is 0 Å². The van der Waals surface area contributed by atoms with Crippen molar-refractivity contribution in [3.63, 3.8) is 0 Å². The Kier molecular flexibility index (Phi) is 6.70. The minimum atomic E-state index is 0. The number of quaternary nitrogens is 2. The lowest BCUT2D eigenvalue weighted by Gasteiger charge is -1.94. The summed E-state index contributed by atoms with van der Waals surface area (Å²) in [6.45, 7) is 3.93. The monoisotopic (exact) mass is 198 g/mol. The summed E-state index contributed by atoms with van der Waals surface area (Å²) in [7, 11) is 0. The van der Waals surface area contributed by atoms with E-state index in [4.69, 9.17) is 0 Å². The number of hydrogen-bond acceptors (Lipinski definition) is 2. The van der Waals surface area contributed by atoms with Crippen molar-refractivity contribution in [1.82, 2.24) is 0 Å². The number of nitrogens with two attached hydrogens (primary N) is 1. The molecule has 0 bridgehead atoms. The maximum absolute atomic E-state index is 3.90. The van der Waals surface area contributed by atoms with Gasteiger partial charge in [0.05, 0.1) is 0 Å². The smallest absolute Gasteiger partial charge is 0.283 e. The van der Waals surface area contributed by atoms with Crippen LogP contribution in [0.15, 0.2) is 10.2 Å². The molecule has 11 heavy (non-hydrogen) atoms. The van der Waals surface area contributed by atoms with Crippen LogP contribution < -0.4 is 35.9 Å². The highest BCUT2D eigenvalue weighted by Gasteiger charge is 2.19. The van der Waals surface area contributed by atoms with Crippen LogP contribution in [0.3, 0.4) is 0 Å². The molecule has 0 aliphatic carbocycles. The van der Waals surface area contributed by atoms with Gasteiger partial charge in [-0.05, 0) is 6.92 Å². The fourth-order valence-electron chi connectivity index (χ4n) is 0.649. The van der Waals surface area contributed by atoms with Gasteiger partial charge in [0.15, 0.2) is 6.04 Å². The van der Waals surface area contributed by atoms with E-state index in [1.54, 1.807) is 0 Å². The number of nitrogens with zero attached hydrogens (tertiary/aromatic N) is 2. The molecule has 0 aromatic carbocycles. The molecule has 0 aromatic rings. The Labute approximate surface area is 78.1 Å². The largest absolute Gasteiger partial charge is 1.00 e. The van der Waals surface area contributed by atoms with Gasteiger partial charge in [-0.2, -0.15) is 0 Å². The lowest BCUT2D eigenvalue weighted by molar-refractivity contribution is -0.459. The lowest BCUT2D eigenvalue weighted by Crippen LogP contribution is -3.00. The molecule has 0 aromatic heterocycles. The number of halogens is 2. The summed E-state index contributed by atoms with van der Waals surface area (Å²) in [5, 5.41) is 9.71. The summed E-state index contributed by atoms with van der Waals surface area (Å²) < 4.78 is 0. The third-order valence-electron chi connectivity index (χ3n) is 1.18. The first kappa shape index (κ1) is 13.4. The molecule has 0 saturated carbocycles. The van der Waals surface area contributed by atoms with Gasteiger partial charge in [-0.1, -0.05) is 10.2 Å². The maximum atomic E-state index is 3.90. The van der Waals surface area contributed by atoms with Crippen LogP contribution in [-0.2, 0) is 0 Å². The van der Waals surface area contributed by atoms with Crippen LogP contribution >= 0.6 is 0 Å². The predicted octanol–water partition coefficient (Wildman–Crippen LogP) is -8.07. The van der Waals surface area contributed by atoms with Gasteiger partial charge in [-0.3, -0.25) is 0 Å². The highest BCUT2D eigenvalue weighted by molar-refractivity contribution is 5.89. The van der Waals surface area contributed by atoms with Gasteiger partial charge in [-0.25, -0.2) is 5.32 Å². The molecule has 6 heteroatoms. The average Bonchev–Trinajstić information content (AvgIpc) is 2.14. The second-order valence-corrected chi connectivity index (χ2v) is 2.31. The van der Waals surface area contributed by atoms with Crippen molar-refractivity contribution in [2.24, 2.45) is 10.2 Å². The molecule has 1 rings (SSSR count). The lowest BCUT2D eigenvalue weighted by atomic mass is 10.3. The predicted molar refractivity (Wildman–Crippen MR) is 34.8 cm³/mol. The molecule has 0 spiro atoms. The molecule has 1 unspecified atom stereocenters. The van der Waals surface area contributed by atoms with E-state index in [0.717, 1.165) is 11.7 Å². The first-order chi connectivity index (χ1) is 4.20. The molecule has 1 aliphatic rings. The van der Waals surface area contributed by atoms with Crippen LogP contribution in [0.1, 0.15) is 13.8 Å². The fourth-order valence-corrected chi connectivity index (χ4v) is 0.649. The zero-order valence-electron chi connectivity index (χ0n) is 6.51. The van der Waals surface area contributed by atoms with Crippen LogP contribution in [0.25, 0.3) is 0 Å². The fraction of sp³-hybridized carbons (Fsp3) is 0.600. The number of hydrogen-bond donors (Lipinski definition) is 2. The van der Waals surface area contributed by atoms with Crippen molar-refractivity contribution in [3.8, 4) is 0 Å². The van der Waals surface area contributed by atoms with Crippen LogP contribution in [0.5, 0.6) is 0 Å². The standard InChI is InChI=1S/C5H10N4.2ClH/c1-3(6)5-7-4(2)8-9-5;;/h3H,6H2,1-2H3,(H,7,8,9);2*1H. The molecule has 1 aliphatic heterocycles. The Morgan fingerprint density at radius 3 is 2.09 bits per heavy atom. The minimum absolute atomic E-state index is 0. The van der Waals surface area contributed by atoms with Gasteiger partial charge < -0.3 is 30.5 Å². The van der Waals surface area contributed by atoms with E-state index < -0.39 is 0 Å². The van der Waals surface area contributed by atoms with Crippen molar-refractivity contribution in [2.45, 2.75) is 19.9 Å². The molecule has 1 heterocycles. The molecule has 1 atom stereocenters. The van der Waals surface area contributed by atoms with E-state index in [1.165, 1.54) is 0 Å². The Balaban J connectivity index is 0. The van der Waals surface area contributed by atoms with Crippen molar-refractivity contribution >= 4 is 11.7 Å². The Morgan fingerprint density at radius 1 is 1.36 bits per heavy atom. The first-order valence-electron chi connectivity index (χ1n) is 3.00. The molecule has 0 saturated heterocycles. The average molecular weight is 199 g/mol. The molecule has 4 nitrogen and oxygen atoms in total. The summed E-state index contributed by atoms with van der Waals surface area (Å²) in [4.78, 5) is 0. The third-order valence-corrected chi connectivity index (χ3v) is 1.18. The Bertz CT molecular complexity index is 175. The highest BCUT2D eigenvalue weighted by Crippen LogP contribution is 1.81. The van der Waals surface area contributed by atoms with Gasteiger partial charge in [-0.15, -0.1) is 0 Å². The van der Waals surface area contributed by atoms with Crippen LogP contribution in [-0.4, -0.2) is 17.7 Å². The molecule has 5 N–H and O–H groups in total. The minimum Gasteiger partial charge on any atom is -1.00 e. The summed E-state index contributed by atoms with van der Waals surface area (Å²) >= 11 is 0. The van der Waals surface area contributed by atoms with Crippen LogP contribution in [0, 0.1) is 0 Å². The topological polar surface area (TPSA) is 69.0 Å². The van der Waals surface area contributed by atoms with Gasteiger partial charge in [0, 0.05) is 6.92 Å². The van der Waals surface area contributed by atoms with E-state index in [0.29, 0.717) is 0 Å². The quantitative estimate of drug-likeness (QED) is 0.421. The van der Waals surface area contributed by atoms with Crippen LogP contribution in [0.4, 0.5) is 0 Å². The van der Waals surface area contributed by atoms with Gasteiger partial charge in [0.2, 0.25) is 5.84 Å². The number of rotatable bonds is 1. The van der Waals surface area contributed by atoms with Crippen molar-refractivity contribution in [2.75, 3.05) is 0 Å². The second-order valence-electron chi connectivity index (χ2n) is 2.31. The normalized spacial score (nSPS) is 17.4. The molecular formula is C5H12Cl2N4. The van der Waals surface area contributed by atoms with E-state index >= 15 is 0 Å². The Hall–Kier alpha value is -0.160. The van der Waals surface area contributed by atoms with E-state index in [-0.39, 0.29) is 30.9 Å². The second kappa shape index (κ2) is 5.49. The molecule has 0 radical (unpaired) electrons. The SMILES string of the molecule is CC1=NN=C(C(C)[NH3+])[NH2+]1.[Cl-].[Cl-]. The maximum Gasteiger partial charge on any atom is 0.283 e. The third kappa shape index (κ3) is 3.67. The van der Waals surface area contributed by atoms with Crippen molar-refractivity contribution in [3.05, 3.63) is 0 Å². The first-order valence-corrected chi connectivity index (χ1v) is 3.00.